The fourth-order valence-electron chi connectivity index (χ4n) is 3.07. The second-order valence-corrected chi connectivity index (χ2v) is 4.84. The number of aliphatic hydroxyl groups is 1. The summed E-state index contributed by atoms with van der Waals surface area (Å²) in [6.45, 7) is 4.04. The number of hydrogen-bond acceptors (Lipinski definition) is 2. The molecule has 2 nitrogen and oxygen atoms in total. The predicted molar refractivity (Wildman–Crippen MR) is 54.8 cm³/mol. The van der Waals surface area contributed by atoms with Crippen LogP contribution in [0.3, 0.4) is 0 Å². The smallest absolute Gasteiger partial charge is 0.141 e. The van der Waals surface area contributed by atoms with E-state index in [1.54, 1.807) is 0 Å². The molecule has 3 atom stereocenters. The summed E-state index contributed by atoms with van der Waals surface area (Å²) < 4.78 is 0. The summed E-state index contributed by atoms with van der Waals surface area (Å²) >= 11 is 0. The van der Waals surface area contributed by atoms with Crippen LogP contribution < -0.4 is 0 Å². The van der Waals surface area contributed by atoms with Crippen LogP contribution in [-0.2, 0) is 4.79 Å². The molecule has 14 heavy (non-hydrogen) atoms. The zero-order valence-electron chi connectivity index (χ0n) is 8.92. The van der Waals surface area contributed by atoms with E-state index in [0.29, 0.717) is 6.42 Å². The molecule has 1 saturated carbocycles. The summed E-state index contributed by atoms with van der Waals surface area (Å²) in [6.07, 6.45) is 4.95. The van der Waals surface area contributed by atoms with Gasteiger partial charge in [-0.1, -0.05) is 11.6 Å². The van der Waals surface area contributed by atoms with Crippen LogP contribution in [0.4, 0.5) is 0 Å². The number of hydrogen-bond donors (Lipinski definition) is 1. The number of rotatable bonds is 0. The average Bonchev–Trinajstić information content (AvgIpc) is 2.39. The number of carbonyl (C=O) groups excluding carboxylic acids is 1. The van der Waals surface area contributed by atoms with Crippen LogP contribution in [0.15, 0.2) is 11.6 Å². The first kappa shape index (κ1) is 9.91. The summed E-state index contributed by atoms with van der Waals surface area (Å²) in [5.74, 6) is 0.539. The van der Waals surface area contributed by atoms with Gasteiger partial charge in [0.25, 0.3) is 0 Å². The first-order valence-corrected chi connectivity index (χ1v) is 5.45. The topological polar surface area (TPSA) is 37.3 Å². The molecular weight excluding hydrogens is 176 g/mol. The molecule has 0 bridgehead atoms. The highest BCUT2D eigenvalue weighted by atomic mass is 16.3. The molecular formula is C12H18O2. The lowest BCUT2D eigenvalue weighted by atomic mass is 9.72. The standard InChI is InChI=1S/C12H18O2/c1-8-4-3-5-10(13)12(2)9(8)6-7-11(12)14/h4,9-10,13H,3,5-7H2,1-2H3. The van der Waals surface area contributed by atoms with Crippen LogP contribution in [0.5, 0.6) is 0 Å². The lowest BCUT2D eigenvalue weighted by Gasteiger charge is -2.33. The lowest BCUT2D eigenvalue weighted by Crippen LogP contribution is -2.40. The van der Waals surface area contributed by atoms with Gasteiger partial charge in [0.1, 0.15) is 5.78 Å². The zero-order chi connectivity index (χ0) is 10.3. The molecule has 0 aliphatic heterocycles. The molecule has 2 aliphatic carbocycles. The largest absolute Gasteiger partial charge is 0.392 e. The highest BCUT2D eigenvalue weighted by molar-refractivity contribution is 5.88. The van der Waals surface area contributed by atoms with Gasteiger partial charge in [0.15, 0.2) is 0 Å². The van der Waals surface area contributed by atoms with Crippen LogP contribution in [0.2, 0.25) is 0 Å². The van der Waals surface area contributed by atoms with E-state index in [4.69, 9.17) is 0 Å². The zero-order valence-corrected chi connectivity index (χ0v) is 8.92. The van der Waals surface area contributed by atoms with Crippen LogP contribution in [0, 0.1) is 11.3 Å². The number of aliphatic hydroxyl groups excluding tert-OH is 1. The van der Waals surface area contributed by atoms with Crippen molar-refractivity contribution in [2.75, 3.05) is 0 Å². The predicted octanol–water partition coefficient (Wildman–Crippen LogP) is 2.07. The molecule has 1 fully saturated rings. The Bertz CT molecular complexity index is 293. The SMILES string of the molecule is CC1=CCCC(O)C2(C)C(=O)CCC12. The first-order valence-electron chi connectivity index (χ1n) is 5.45. The first-order chi connectivity index (χ1) is 6.56. The maximum absolute atomic E-state index is 11.9. The second kappa shape index (κ2) is 3.20. The van der Waals surface area contributed by atoms with Gasteiger partial charge in [0, 0.05) is 6.42 Å². The van der Waals surface area contributed by atoms with E-state index in [0.717, 1.165) is 19.3 Å². The van der Waals surface area contributed by atoms with Crippen molar-refractivity contribution in [3.05, 3.63) is 11.6 Å². The van der Waals surface area contributed by atoms with Gasteiger partial charge in [-0.15, -0.1) is 0 Å². The third-order valence-corrected chi connectivity index (χ3v) is 4.13. The van der Waals surface area contributed by atoms with E-state index in [-0.39, 0.29) is 11.7 Å². The minimum Gasteiger partial charge on any atom is -0.392 e. The summed E-state index contributed by atoms with van der Waals surface area (Å²) in [5, 5.41) is 10.1. The van der Waals surface area contributed by atoms with Gasteiger partial charge < -0.3 is 5.11 Å². The van der Waals surface area contributed by atoms with E-state index < -0.39 is 11.5 Å². The van der Waals surface area contributed by atoms with Crippen molar-refractivity contribution in [2.24, 2.45) is 11.3 Å². The minimum absolute atomic E-state index is 0.254. The molecule has 2 rings (SSSR count). The van der Waals surface area contributed by atoms with Gasteiger partial charge in [-0.2, -0.15) is 0 Å². The van der Waals surface area contributed by atoms with Crippen molar-refractivity contribution in [3.8, 4) is 0 Å². The molecule has 3 unspecified atom stereocenters. The normalized spacial score (nSPS) is 43.1. The monoisotopic (exact) mass is 194 g/mol. The van der Waals surface area contributed by atoms with Crippen molar-refractivity contribution in [3.63, 3.8) is 0 Å². The fraction of sp³-hybridized carbons (Fsp3) is 0.750. The molecule has 0 aromatic rings. The van der Waals surface area contributed by atoms with Gasteiger partial charge in [-0.3, -0.25) is 4.79 Å². The summed E-state index contributed by atoms with van der Waals surface area (Å²) in [5.41, 5.74) is 0.812. The van der Waals surface area contributed by atoms with Crippen molar-refractivity contribution in [2.45, 2.75) is 45.6 Å². The van der Waals surface area contributed by atoms with E-state index in [2.05, 4.69) is 13.0 Å². The van der Waals surface area contributed by atoms with Crippen LogP contribution in [0.25, 0.3) is 0 Å². The summed E-state index contributed by atoms with van der Waals surface area (Å²) in [7, 11) is 0. The molecule has 0 spiro atoms. The number of Topliss-reactive ketones (excluding diaryl/α,β-unsaturated/α-hetero) is 1. The highest BCUT2D eigenvalue weighted by Crippen LogP contribution is 2.49. The van der Waals surface area contributed by atoms with E-state index >= 15 is 0 Å². The van der Waals surface area contributed by atoms with E-state index in [9.17, 15) is 9.90 Å². The molecule has 2 aliphatic rings. The Balaban J connectivity index is 2.42. The summed E-state index contributed by atoms with van der Waals surface area (Å²) in [4.78, 5) is 11.9. The van der Waals surface area contributed by atoms with Crippen molar-refractivity contribution in [1.82, 2.24) is 0 Å². The third-order valence-electron chi connectivity index (χ3n) is 4.13. The Kier molecular flexibility index (Phi) is 2.26. The Labute approximate surface area is 85.0 Å². The van der Waals surface area contributed by atoms with Gasteiger partial charge in [-0.25, -0.2) is 0 Å². The van der Waals surface area contributed by atoms with Gasteiger partial charge >= 0.3 is 0 Å². The third kappa shape index (κ3) is 1.17. The Hall–Kier alpha value is -0.630. The highest BCUT2D eigenvalue weighted by Gasteiger charge is 2.51. The van der Waals surface area contributed by atoms with Crippen LogP contribution in [-0.4, -0.2) is 17.0 Å². The number of ketones is 1. The molecule has 0 saturated heterocycles. The minimum atomic E-state index is -0.489. The van der Waals surface area contributed by atoms with Gasteiger partial charge in [-0.05, 0) is 39.0 Å². The van der Waals surface area contributed by atoms with Gasteiger partial charge in [0.2, 0.25) is 0 Å². The van der Waals surface area contributed by atoms with E-state index in [1.807, 2.05) is 6.92 Å². The van der Waals surface area contributed by atoms with Gasteiger partial charge in [0.05, 0.1) is 11.5 Å². The van der Waals surface area contributed by atoms with Crippen molar-refractivity contribution in [1.29, 1.82) is 0 Å². The Morgan fingerprint density at radius 3 is 2.93 bits per heavy atom. The maximum Gasteiger partial charge on any atom is 0.141 e. The van der Waals surface area contributed by atoms with Crippen molar-refractivity contribution < 1.29 is 9.90 Å². The van der Waals surface area contributed by atoms with E-state index in [1.165, 1.54) is 5.57 Å². The molecule has 0 amide bonds. The number of fused-ring (bicyclic) bond motifs is 1. The molecule has 78 valence electrons. The molecule has 0 aromatic carbocycles. The van der Waals surface area contributed by atoms with Crippen molar-refractivity contribution >= 4 is 5.78 Å². The molecule has 1 N–H and O–H groups in total. The number of carbonyl (C=O) groups is 1. The molecule has 0 heterocycles. The quantitative estimate of drug-likeness (QED) is 0.599. The average molecular weight is 194 g/mol. The lowest BCUT2D eigenvalue weighted by molar-refractivity contribution is -0.132. The van der Waals surface area contributed by atoms with Crippen LogP contribution in [0.1, 0.15) is 39.5 Å². The maximum atomic E-state index is 11.9. The molecule has 2 heteroatoms. The fourth-order valence-corrected chi connectivity index (χ4v) is 3.07. The second-order valence-electron chi connectivity index (χ2n) is 4.84. The Morgan fingerprint density at radius 1 is 1.50 bits per heavy atom. The Morgan fingerprint density at radius 2 is 2.21 bits per heavy atom. The summed E-state index contributed by atoms with van der Waals surface area (Å²) in [6, 6.07) is 0. The molecule has 0 aromatic heterocycles. The molecule has 0 radical (unpaired) electrons. The number of allylic oxidation sites excluding steroid dienone is 2. The van der Waals surface area contributed by atoms with Crippen LogP contribution >= 0.6 is 0 Å².